The van der Waals surface area contributed by atoms with Crippen molar-refractivity contribution in [2.75, 3.05) is 44.1 Å². The number of alkyl halides is 1. The molecule has 3 heterocycles. The number of anilines is 1. The maximum atomic E-state index is 14.2. The molecule has 3 aliphatic rings. The molecule has 1 aromatic rings. The summed E-state index contributed by atoms with van der Waals surface area (Å²) in [6, 6.07) is 8.47. The fraction of sp³-hybridized carbons (Fsp3) is 0.643. The maximum absolute atomic E-state index is 14.2. The summed E-state index contributed by atoms with van der Waals surface area (Å²) >= 11 is 3.50. The Bertz CT molecular complexity index is 935. The molecular formula is C28H39BrN2O4. The molecule has 35 heavy (non-hydrogen) atoms. The Morgan fingerprint density at radius 3 is 2.60 bits per heavy atom. The van der Waals surface area contributed by atoms with Crippen molar-refractivity contribution in [2.45, 2.75) is 69.2 Å². The number of amides is 1. The van der Waals surface area contributed by atoms with Gasteiger partial charge in [0, 0.05) is 23.6 Å². The fourth-order valence-electron chi connectivity index (χ4n) is 6.53. The van der Waals surface area contributed by atoms with Crippen LogP contribution < -0.4 is 4.90 Å². The normalized spacial score (nSPS) is 26.2. The van der Waals surface area contributed by atoms with Gasteiger partial charge in [0.05, 0.1) is 31.5 Å². The van der Waals surface area contributed by atoms with Gasteiger partial charge >= 0.3 is 5.97 Å². The highest BCUT2D eigenvalue weighted by Gasteiger charge is 2.61. The number of unbranched alkanes of at least 4 members (excludes halogenated alkanes) is 5. The number of halogens is 1. The molecule has 0 bridgehead atoms. The van der Waals surface area contributed by atoms with Gasteiger partial charge in [-0.3, -0.25) is 9.69 Å². The minimum Gasteiger partial charge on any atom is -0.504 e. The smallest absolute Gasteiger partial charge is 0.337 e. The van der Waals surface area contributed by atoms with Crippen molar-refractivity contribution < 1.29 is 19.1 Å². The van der Waals surface area contributed by atoms with Crippen LogP contribution in [0.15, 0.2) is 36.1 Å². The number of para-hydroxylation sites is 1. The largest absolute Gasteiger partial charge is 0.504 e. The fourth-order valence-corrected chi connectivity index (χ4v) is 6.92. The summed E-state index contributed by atoms with van der Waals surface area (Å²) in [7, 11) is 2.97. The number of hydrogen-bond acceptors (Lipinski definition) is 5. The third-order valence-corrected chi connectivity index (χ3v) is 8.81. The van der Waals surface area contributed by atoms with Gasteiger partial charge in [-0.25, -0.2) is 4.79 Å². The molecule has 0 saturated carbocycles. The Morgan fingerprint density at radius 2 is 1.86 bits per heavy atom. The molecule has 192 valence electrons. The predicted molar refractivity (Wildman–Crippen MR) is 142 cm³/mol. The van der Waals surface area contributed by atoms with Gasteiger partial charge in [-0.2, -0.15) is 0 Å². The molecule has 0 N–H and O–H groups in total. The summed E-state index contributed by atoms with van der Waals surface area (Å²) in [5.41, 5.74) is 2.30. The topological polar surface area (TPSA) is 59.1 Å². The number of hydrogen-bond donors (Lipinski definition) is 0. The SMILES string of the molecule is CO/C=C(/C(=O)OC)[C@@H]1CCN2CC[C@]3(C(=O)N(CCCCCCCCBr)c4ccccc43)C2C1. The van der Waals surface area contributed by atoms with Crippen LogP contribution in [0.25, 0.3) is 0 Å². The lowest BCUT2D eigenvalue weighted by Crippen LogP contribution is -2.52. The first kappa shape index (κ1) is 26.2. The van der Waals surface area contributed by atoms with Crippen molar-refractivity contribution in [3.8, 4) is 0 Å². The summed E-state index contributed by atoms with van der Waals surface area (Å²) in [6.07, 6.45) is 11.2. The van der Waals surface area contributed by atoms with Crippen LogP contribution in [0.3, 0.4) is 0 Å². The minimum atomic E-state index is -0.528. The summed E-state index contributed by atoms with van der Waals surface area (Å²) in [4.78, 5) is 31.2. The minimum absolute atomic E-state index is 0.0205. The lowest BCUT2D eigenvalue weighted by molar-refractivity contribution is -0.137. The molecule has 2 fully saturated rings. The van der Waals surface area contributed by atoms with Gasteiger partial charge in [-0.05, 0) is 62.7 Å². The standard InChI is InChI=1S/C28H39BrN2O4/c1-34-20-22(26(32)35-2)21-13-17-30-18-14-28(25(30)19-21)23-11-7-8-12-24(23)31(27(28)33)16-10-6-4-3-5-9-15-29/h7-8,11-12,20-21,25H,3-6,9-10,13-19H2,1-2H3/b22-20+/t21-,25?,28-/m1/s1. The zero-order valence-electron chi connectivity index (χ0n) is 21.1. The van der Waals surface area contributed by atoms with Crippen molar-refractivity contribution in [2.24, 2.45) is 5.92 Å². The quantitative estimate of drug-likeness (QED) is 0.125. The third-order valence-electron chi connectivity index (χ3n) is 8.25. The van der Waals surface area contributed by atoms with E-state index in [1.54, 1.807) is 7.11 Å². The number of piperidine rings is 1. The summed E-state index contributed by atoms with van der Waals surface area (Å²) in [5, 5.41) is 1.08. The van der Waals surface area contributed by atoms with E-state index in [1.165, 1.54) is 44.6 Å². The summed E-state index contributed by atoms with van der Waals surface area (Å²) in [6.45, 7) is 2.57. The van der Waals surface area contributed by atoms with Crippen molar-refractivity contribution in [3.05, 3.63) is 41.7 Å². The molecule has 7 heteroatoms. The Labute approximate surface area is 218 Å². The molecule has 1 spiro atoms. The van der Waals surface area contributed by atoms with E-state index in [4.69, 9.17) is 9.47 Å². The second-order valence-corrected chi connectivity index (χ2v) is 10.9. The number of nitrogens with zero attached hydrogens (tertiary/aromatic N) is 2. The van der Waals surface area contributed by atoms with Crippen LogP contribution in [0.1, 0.15) is 63.4 Å². The second kappa shape index (κ2) is 11.9. The lowest BCUT2D eigenvalue weighted by atomic mass is 9.70. The van der Waals surface area contributed by atoms with Crippen LogP contribution in [0.4, 0.5) is 5.69 Å². The lowest BCUT2D eigenvalue weighted by Gasteiger charge is -2.41. The van der Waals surface area contributed by atoms with Crippen LogP contribution in [0, 0.1) is 5.92 Å². The van der Waals surface area contributed by atoms with Gasteiger partial charge in [0.15, 0.2) is 0 Å². The Kier molecular flexibility index (Phi) is 8.92. The summed E-state index contributed by atoms with van der Waals surface area (Å²) in [5.74, 6) is -0.0677. The Hall–Kier alpha value is -1.86. The van der Waals surface area contributed by atoms with Gasteiger partial charge in [0.2, 0.25) is 5.91 Å². The second-order valence-electron chi connectivity index (χ2n) is 10.1. The van der Waals surface area contributed by atoms with Crippen LogP contribution in [0.2, 0.25) is 0 Å². The zero-order valence-corrected chi connectivity index (χ0v) is 22.7. The number of benzene rings is 1. The molecule has 0 aromatic heterocycles. The molecule has 3 atom stereocenters. The number of methoxy groups -OCH3 is 2. The number of esters is 1. The average molecular weight is 548 g/mol. The number of carbonyl (C=O) groups excluding carboxylic acids is 2. The molecule has 1 amide bonds. The van der Waals surface area contributed by atoms with Crippen LogP contribution >= 0.6 is 15.9 Å². The molecule has 1 unspecified atom stereocenters. The van der Waals surface area contributed by atoms with Gasteiger partial charge in [-0.15, -0.1) is 0 Å². The highest BCUT2D eigenvalue weighted by atomic mass is 79.9. The molecule has 3 aliphatic heterocycles. The van der Waals surface area contributed by atoms with Crippen molar-refractivity contribution in [1.29, 1.82) is 0 Å². The number of ether oxygens (including phenoxy) is 2. The Balaban J connectivity index is 1.53. The molecule has 0 radical (unpaired) electrons. The first-order chi connectivity index (χ1) is 17.1. The van der Waals surface area contributed by atoms with E-state index in [1.807, 2.05) is 6.07 Å². The van der Waals surface area contributed by atoms with Gasteiger partial charge < -0.3 is 14.4 Å². The Morgan fingerprint density at radius 1 is 1.11 bits per heavy atom. The number of carbonyl (C=O) groups is 2. The van der Waals surface area contributed by atoms with E-state index >= 15 is 0 Å². The van der Waals surface area contributed by atoms with Gasteiger partial charge in [-0.1, -0.05) is 59.8 Å². The zero-order chi connectivity index (χ0) is 24.8. The predicted octanol–water partition coefficient (Wildman–Crippen LogP) is 5.19. The van der Waals surface area contributed by atoms with Crippen molar-refractivity contribution in [1.82, 2.24) is 4.90 Å². The van der Waals surface area contributed by atoms with Gasteiger partial charge in [0.1, 0.15) is 0 Å². The summed E-state index contributed by atoms with van der Waals surface area (Å²) < 4.78 is 10.3. The highest BCUT2D eigenvalue weighted by molar-refractivity contribution is 9.09. The van der Waals surface area contributed by atoms with Gasteiger partial charge in [0.25, 0.3) is 0 Å². The first-order valence-corrected chi connectivity index (χ1v) is 14.2. The molecule has 6 nitrogen and oxygen atoms in total. The van der Waals surface area contributed by atoms with E-state index in [0.29, 0.717) is 5.57 Å². The van der Waals surface area contributed by atoms with Crippen LogP contribution in [-0.2, 0) is 24.5 Å². The van der Waals surface area contributed by atoms with Crippen LogP contribution in [0.5, 0.6) is 0 Å². The third kappa shape index (κ3) is 5.04. The van der Waals surface area contributed by atoms with Crippen LogP contribution in [-0.4, -0.2) is 62.0 Å². The van der Waals surface area contributed by atoms with E-state index < -0.39 is 5.41 Å². The molecule has 1 aromatic carbocycles. The number of fused-ring (bicyclic) bond motifs is 4. The number of rotatable bonds is 11. The van der Waals surface area contributed by atoms with E-state index in [0.717, 1.165) is 62.8 Å². The van der Waals surface area contributed by atoms with Crippen molar-refractivity contribution >= 4 is 33.5 Å². The average Bonchev–Trinajstić information content (AvgIpc) is 3.38. The van der Waals surface area contributed by atoms with Crippen molar-refractivity contribution in [3.63, 3.8) is 0 Å². The molecule has 4 rings (SSSR count). The van der Waals surface area contributed by atoms with E-state index in [9.17, 15) is 9.59 Å². The molecule has 0 aliphatic carbocycles. The highest BCUT2D eigenvalue weighted by Crippen LogP contribution is 2.54. The first-order valence-electron chi connectivity index (χ1n) is 13.1. The van der Waals surface area contributed by atoms with E-state index in [-0.39, 0.29) is 23.8 Å². The monoisotopic (exact) mass is 546 g/mol. The van der Waals surface area contributed by atoms with E-state index in [2.05, 4.69) is 43.9 Å². The molecular weight excluding hydrogens is 508 g/mol. The maximum Gasteiger partial charge on any atom is 0.337 e. The molecule has 2 saturated heterocycles.